The van der Waals surface area contributed by atoms with Crippen molar-refractivity contribution in [1.82, 2.24) is 4.31 Å². The van der Waals surface area contributed by atoms with E-state index in [0.29, 0.717) is 17.4 Å². The van der Waals surface area contributed by atoms with Gasteiger partial charge in [-0.15, -0.1) is 0 Å². The molecule has 1 aromatic rings. The normalized spacial score (nSPS) is 39.8. The Balaban J connectivity index is 1.69. The lowest BCUT2D eigenvalue weighted by Crippen LogP contribution is -2.70. The number of epoxide rings is 1. The van der Waals surface area contributed by atoms with Gasteiger partial charge in [0.2, 0.25) is 10.0 Å². The number of aryl methyl sites for hydroxylation is 1. The molecule has 5 heteroatoms. The van der Waals surface area contributed by atoms with Crippen molar-refractivity contribution in [2.24, 2.45) is 11.3 Å². The van der Waals surface area contributed by atoms with Crippen LogP contribution >= 0.6 is 0 Å². The molecule has 0 unspecified atom stereocenters. The van der Waals surface area contributed by atoms with Gasteiger partial charge >= 0.3 is 0 Å². The number of sulfonamides is 1. The zero-order valence-corrected chi connectivity index (χ0v) is 14.2. The summed E-state index contributed by atoms with van der Waals surface area (Å²) in [6.45, 7) is 4.92. The zero-order valence-electron chi connectivity index (χ0n) is 13.4. The van der Waals surface area contributed by atoms with E-state index >= 15 is 0 Å². The molecule has 0 radical (unpaired) electrons. The van der Waals surface area contributed by atoms with Crippen molar-refractivity contribution in [3.05, 3.63) is 29.8 Å². The van der Waals surface area contributed by atoms with E-state index in [0.717, 1.165) is 12.0 Å². The Hall–Kier alpha value is -0.910. The van der Waals surface area contributed by atoms with E-state index in [4.69, 9.17) is 4.74 Å². The summed E-state index contributed by atoms with van der Waals surface area (Å²) in [6.07, 6.45) is 3.45. The van der Waals surface area contributed by atoms with E-state index in [1.165, 1.54) is 12.8 Å². The summed E-state index contributed by atoms with van der Waals surface area (Å²) < 4.78 is 33.4. The van der Waals surface area contributed by atoms with Crippen LogP contribution in [-0.4, -0.2) is 38.0 Å². The molecule has 4 nitrogen and oxygen atoms in total. The molecule has 0 amide bonds. The maximum Gasteiger partial charge on any atom is 0.243 e. The van der Waals surface area contributed by atoms with E-state index in [1.54, 1.807) is 23.5 Å². The van der Waals surface area contributed by atoms with Crippen LogP contribution in [0.25, 0.3) is 0 Å². The smallest absolute Gasteiger partial charge is 0.243 e. The maximum atomic E-state index is 13.0. The summed E-state index contributed by atoms with van der Waals surface area (Å²) in [5, 5.41) is 0. The van der Waals surface area contributed by atoms with Crippen molar-refractivity contribution in [2.75, 3.05) is 13.7 Å². The first-order valence-corrected chi connectivity index (χ1v) is 9.45. The lowest BCUT2D eigenvalue weighted by Gasteiger charge is -2.58. The molecule has 4 atom stereocenters. The molecule has 0 N–H and O–H groups in total. The molecule has 0 bridgehead atoms. The van der Waals surface area contributed by atoms with Crippen LogP contribution in [0, 0.1) is 18.3 Å². The largest absolute Gasteiger partial charge is 0.367 e. The second-order valence-corrected chi connectivity index (χ2v) is 9.43. The van der Waals surface area contributed by atoms with Crippen LogP contribution in [0.3, 0.4) is 0 Å². The third kappa shape index (κ3) is 1.67. The summed E-state index contributed by atoms with van der Waals surface area (Å²) in [4.78, 5) is 0.376. The van der Waals surface area contributed by atoms with Crippen molar-refractivity contribution >= 4 is 10.0 Å². The topological polar surface area (TPSA) is 49.9 Å². The lowest BCUT2D eigenvalue weighted by atomic mass is 9.52. The first kappa shape index (κ1) is 14.7. The number of nitrogens with zero attached hydrogens (tertiary/aromatic N) is 1. The molecule has 1 heterocycles. The molecule has 4 rings (SSSR count). The summed E-state index contributed by atoms with van der Waals surface area (Å²) >= 11 is 0. The molecular weight excluding hydrogens is 298 g/mol. The highest BCUT2D eigenvalue weighted by atomic mass is 32.2. The molecule has 3 aliphatic rings. The number of hydrogen-bond donors (Lipinski definition) is 0. The maximum absolute atomic E-state index is 13.0. The van der Waals surface area contributed by atoms with Gasteiger partial charge in [0.05, 0.1) is 17.5 Å². The fourth-order valence-electron chi connectivity index (χ4n) is 5.15. The quantitative estimate of drug-likeness (QED) is 0.804. The summed E-state index contributed by atoms with van der Waals surface area (Å²) in [5.74, 6) is 0.528. The fourth-order valence-corrected chi connectivity index (χ4v) is 6.66. The summed E-state index contributed by atoms with van der Waals surface area (Å²) in [7, 11) is -1.75. The van der Waals surface area contributed by atoms with Crippen molar-refractivity contribution in [3.8, 4) is 0 Å². The van der Waals surface area contributed by atoms with Gasteiger partial charge in [0, 0.05) is 7.05 Å². The second kappa shape index (κ2) is 4.34. The van der Waals surface area contributed by atoms with Crippen LogP contribution in [0.15, 0.2) is 29.2 Å². The summed E-state index contributed by atoms with van der Waals surface area (Å²) in [6, 6.07) is 7.08. The van der Waals surface area contributed by atoms with Crippen LogP contribution in [0.1, 0.15) is 31.7 Å². The number of benzene rings is 1. The Labute approximate surface area is 132 Å². The molecule has 1 aliphatic heterocycles. The lowest BCUT2D eigenvalue weighted by molar-refractivity contribution is -0.102. The van der Waals surface area contributed by atoms with Crippen LogP contribution in [0.2, 0.25) is 0 Å². The molecule has 120 valence electrons. The van der Waals surface area contributed by atoms with E-state index in [1.807, 2.05) is 19.1 Å². The van der Waals surface area contributed by atoms with Crippen LogP contribution in [0.5, 0.6) is 0 Å². The number of hydrogen-bond acceptors (Lipinski definition) is 3. The first-order chi connectivity index (χ1) is 10.3. The predicted octanol–water partition coefficient (Wildman–Crippen LogP) is 2.57. The van der Waals surface area contributed by atoms with Crippen LogP contribution < -0.4 is 0 Å². The minimum Gasteiger partial charge on any atom is -0.367 e. The average molecular weight is 321 g/mol. The summed E-state index contributed by atoms with van der Waals surface area (Å²) in [5.41, 5.74) is 0.941. The van der Waals surface area contributed by atoms with Gasteiger partial charge in [-0.05, 0) is 43.2 Å². The van der Waals surface area contributed by atoms with Crippen molar-refractivity contribution in [2.45, 2.75) is 49.6 Å². The molecule has 2 saturated carbocycles. The number of ether oxygens (including phenoxy) is 1. The van der Waals surface area contributed by atoms with Gasteiger partial charge in [-0.25, -0.2) is 8.42 Å². The minimum atomic E-state index is -3.47. The SMILES string of the molecule is Cc1ccc(S(=O)(=O)N(C)[C@@H]2[C@@]3(C)CCC[C@H]3[C@@]23CO3)cc1. The van der Waals surface area contributed by atoms with Gasteiger partial charge in [-0.1, -0.05) is 31.0 Å². The number of likely N-dealkylation sites (N-methyl/N-ethyl adjacent to an activating group) is 1. The van der Waals surface area contributed by atoms with Crippen molar-refractivity contribution in [3.63, 3.8) is 0 Å². The van der Waals surface area contributed by atoms with Gasteiger partial charge in [0.15, 0.2) is 0 Å². The predicted molar refractivity (Wildman–Crippen MR) is 84.0 cm³/mol. The fraction of sp³-hybridized carbons (Fsp3) is 0.647. The van der Waals surface area contributed by atoms with Crippen molar-refractivity contribution < 1.29 is 13.2 Å². The highest BCUT2D eigenvalue weighted by Gasteiger charge is 2.78. The van der Waals surface area contributed by atoms with Gasteiger partial charge in [-0.2, -0.15) is 4.31 Å². The molecule has 1 spiro atoms. The highest BCUT2D eigenvalue weighted by Crippen LogP contribution is 2.70. The first-order valence-electron chi connectivity index (χ1n) is 8.01. The Morgan fingerprint density at radius 1 is 1.27 bits per heavy atom. The molecule has 2 aliphatic carbocycles. The highest BCUT2D eigenvalue weighted by molar-refractivity contribution is 7.89. The molecule has 0 aromatic heterocycles. The van der Waals surface area contributed by atoms with E-state index in [2.05, 4.69) is 6.92 Å². The van der Waals surface area contributed by atoms with Gasteiger partial charge < -0.3 is 4.74 Å². The van der Waals surface area contributed by atoms with E-state index < -0.39 is 10.0 Å². The van der Waals surface area contributed by atoms with E-state index in [-0.39, 0.29) is 17.1 Å². The molecular formula is C17H23NO3S. The Morgan fingerprint density at radius 3 is 2.50 bits per heavy atom. The van der Waals surface area contributed by atoms with Gasteiger partial charge in [0.1, 0.15) is 5.60 Å². The van der Waals surface area contributed by atoms with E-state index in [9.17, 15) is 8.42 Å². The molecule has 3 fully saturated rings. The Kier molecular flexibility index (Phi) is 2.89. The monoisotopic (exact) mass is 321 g/mol. The third-order valence-corrected chi connectivity index (χ3v) is 8.06. The zero-order chi connectivity index (χ0) is 15.8. The number of rotatable bonds is 3. The van der Waals surface area contributed by atoms with Crippen molar-refractivity contribution in [1.29, 1.82) is 0 Å². The number of fused-ring (bicyclic) bond motifs is 2. The van der Waals surface area contributed by atoms with Gasteiger partial charge in [0.25, 0.3) is 0 Å². The van der Waals surface area contributed by atoms with Crippen LogP contribution in [0.4, 0.5) is 0 Å². The molecule has 1 saturated heterocycles. The second-order valence-electron chi connectivity index (χ2n) is 7.43. The minimum absolute atomic E-state index is 0.0289. The Bertz CT molecular complexity index is 708. The average Bonchev–Trinajstić information content (AvgIpc) is 3.20. The third-order valence-electron chi connectivity index (χ3n) is 6.22. The molecule has 1 aromatic carbocycles. The molecule has 22 heavy (non-hydrogen) atoms. The van der Waals surface area contributed by atoms with Gasteiger partial charge in [-0.3, -0.25) is 0 Å². The van der Waals surface area contributed by atoms with Crippen LogP contribution in [-0.2, 0) is 14.8 Å². The Morgan fingerprint density at radius 2 is 1.91 bits per heavy atom. The standard InChI is InChI=1S/C17H23NO3S/c1-12-6-8-13(9-7-12)22(19,20)18(3)15-16(2)10-4-5-14(16)17(15)11-21-17/h6-9,14-15H,4-5,10-11H2,1-3H3/t14-,15-,16+,17+/m1/s1.